The molecule has 0 saturated carbocycles. The first-order valence-electron chi connectivity index (χ1n) is 9.02. The number of carbonyl (C=O) groups excluding carboxylic acids is 1. The summed E-state index contributed by atoms with van der Waals surface area (Å²) in [6, 6.07) is 6.02. The topological polar surface area (TPSA) is 23.6 Å². The highest BCUT2D eigenvalue weighted by atomic mass is 32.1. The van der Waals surface area contributed by atoms with Gasteiger partial charge in [-0.1, -0.05) is 6.07 Å². The second kappa shape index (κ2) is 7.08. The van der Waals surface area contributed by atoms with E-state index >= 15 is 0 Å². The van der Waals surface area contributed by atoms with Crippen molar-refractivity contribution in [2.45, 2.75) is 32.4 Å². The van der Waals surface area contributed by atoms with Crippen molar-refractivity contribution in [3.8, 4) is 0 Å². The van der Waals surface area contributed by atoms with Crippen LogP contribution in [0.5, 0.6) is 0 Å². The summed E-state index contributed by atoms with van der Waals surface area (Å²) in [7, 11) is 0. The molecule has 1 aromatic heterocycles. The zero-order chi connectivity index (χ0) is 18.1. The third-order valence-electron chi connectivity index (χ3n) is 5.60. The van der Waals surface area contributed by atoms with Crippen molar-refractivity contribution in [2.24, 2.45) is 5.41 Å². The number of hydrogen-bond donors (Lipinski definition) is 0. The summed E-state index contributed by atoms with van der Waals surface area (Å²) < 4.78 is 26.6. The molecular formula is C20H22F2N2OS. The highest BCUT2D eigenvalue weighted by molar-refractivity contribution is 7.07. The van der Waals surface area contributed by atoms with Crippen LogP contribution in [0.1, 0.15) is 30.4 Å². The maximum absolute atomic E-state index is 13.5. The average Bonchev–Trinajstić information content (AvgIpc) is 3.27. The average molecular weight is 376 g/mol. The van der Waals surface area contributed by atoms with Gasteiger partial charge in [-0.05, 0) is 65.9 Å². The van der Waals surface area contributed by atoms with E-state index in [1.54, 1.807) is 17.4 Å². The van der Waals surface area contributed by atoms with Gasteiger partial charge in [0.25, 0.3) is 0 Å². The number of benzene rings is 1. The first-order valence-corrected chi connectivity index (χ1v) is 9.97. The molecule has 2 aromatic rings. The fourth-order valence-electron chi connectivity index (χ4n) is 4.27. The molecule has 138 valence electrons. The minimum Gasteiger partial charge on any atom is -0.338 e. The molecule has 4 rings (SSSR count). The van der Waals surface area contributed by atoms with Gasteiger partial charge < -0.3 is 4.90 Å². The van der Waals surface area contributed by atoms with Crippen LogP contribution >= 0.6 is 11.3 Å². The first-order chi connectivity index (χ1) is 12.6. The molecule has 0 N–H and O–H groups in total. The number of amides is 1. The van der Waals surface area contributed by atoms with Crippen LogP contribution in [-0.4, -0.2) is 35.3 Å². The number of carbonyl (C=O) groups is 1. The van der Waals surface area contributed by atoms with E-state index in [-0.39, 0.29) is 11.3 Å². The molecule has 2 saturated heterocycles. The van der Waals surface area contributed by atoms with Crippen molar-refractivity contribution in [3.63, 3.8) is 0 Å². The quantitative estimate of drug-likeness (QED) is 0.804. The molecule has 26 heavy (non-hydrogen) atoms. The Morgan fingerprint density at radius 1 is 1.04 bits per heavy atom. The maximum Gasteiger partial charge on any atom is 0.230 e. The van der Waals surface area contributed by atoms with Gasteiger partial charge in [-0.25, -0.2) is 8.78 Å². The van der Waals surface area contributed by atoms with E-state index in [9.17, 15) is 13.6 Å². The van der Waals surface area contributed by atoms with Crippen LogP contribution in [0.2, 0.25) is 0 Å². The Balaban J connectivity index is 1.45. The summed E-state index contributed by atoms with van der Waals surface area (Å²) >= 11 is 1.70. The van der Waals surface area contributed by atoms with Gasteiger partial charge in [0.2, 0.25) is 5.91 Å². The van der Waals surface area contributed by atoms with Crippen molar-refractivity contribution < 1.29 is 13.6 Å². The van der Waals surface area contributed by atoms with E-state index in [1.807, 2.05) is 4.90 Å². The number of halogens is 2. The number of nitrogens with zero attached hydrogens (tertiary/aromatic N) is 2. The summed E-state index contributed by atoms with van der Waals surface area (Å²) in [5.74, 6) is -1.54. The van der Waals surface area contributed by atoms with E-state index in [0.717, 1.165) is 45.0 Å². The van der Waals surface area contributed by atoms with Crippen molar-refractivity contribution >= 4 is 17.2 Å². The lowest BCUT2D eigenvalue weighted by Gasteiger charge is -2.39. The van der Waals surface area contributed by atoms with Gasteiger partial charge in [-0.15, -0.1) is 0 Å². The summed E-state index contributed by atoms with van der Waals surface area (Å²) in [5.41, 5.74) is 1.63. The standard InChI is InChI=1S/C20H22F2N2OS/c21-17-3-2-15(10-18(17)22)12-24-7-1-5-20(19(24)25)6-8-23(14-20)11-16-4-9-26-13-16/h2-4,9-10,13H,1,5-8,11-12,14H2. The van der Waals surface area contributed by atoms with Crippen LogP contribution in [0, 0.1) is 17.0 Å². The van der Waals surface area contributed by atoms with Crippen molar-refractivity contribution in [1.29, 1.82) is 0 Å². The van der Waals surface area contributed by atoms with E-state index in [1.165, 1.54) is 11.6 Å². The summed E-state index contributed by atoms with van der Waals surface area (Å²) in [4.78, 5) is 17.4. The fraction of sp³-hybridized carbons (Fsp3) is 0.450. The van der Waals surface area contributed by atoms with Crippen LogP contribution in [0.25, 0.3) is 0 Å². The number of thiophene rings is 1. The number of rotatable bonds is 4. The summed E-state index contributed by atoms with van der Waals surface area (Å²) in [5, 5.41) is 4.24. The number of likely N-dealkylation sites (tertiary alicyclic amines) is 2. The van der Waals surface area contributed by atoms with Crippen LogP contribution in [-0.2, 0) is 17.9 Å². The lowest BCUT2D eigenvalue weighted by Crippen LogP contribution is -2.49. The Labute approximate surface area is 156 Å². The van der Waals surface area contributed by atoms with E-state index in [2.05, 4.69) is 21.7 Å². The van der Waals surface area contributed by atoms with Crippen LogP contribution in [0.4, 0.5) is 8.78 Å². The van der Waals surface area contributed by atoms with Gasteiger partial charge in [-0.2, -0.15) is 11.3 Å². The molecule has 2 aliphatic rings. The Kier molecular flexibility index (Phi) is 4.80. The monoisotopic (exact) mass is 376 g/mol. The molecule has 1 amide bonds. The predicted octanol–water partition coefficient (Wildman–Crippen LogP) is 4.04. The molecule has 3 nitrogen and oxygen atoms in total. The van der Waals surface area contributed by atoms with Gasteiger partial charge in [0, 0.05) is 26.2 Å². The molecule has 1 spiro atoms. The molecule has 0 bridgehead atoms. The summed E-state index contributed by atoms with van der Waals surface area (Å²) in [6.07, 6.45) is 2.76. The molecule has 6 heteroatoms. The van der Waals surface area contributed by atoms with Gasteiger partial charge >= 0.3 is 0 Å². The second-order valence-corrected chi connectivity index (χ2v) is 8.23. The highest BCUT2D eigenvalue weighted by Gasteiger charge is 2.48. The lowest BCUT2D eigenvalue weighted by atomic mass is 9.78. The summed E-state index contributed by atoms with van der Waals surface area (Å²) in [6.45, 7) is 3.64. The smallest absolute Gasteiger partial charge is 0.230 e. The van der Waals surface area contributed by atoms with Gasteiger partial charge in [-0.3, -0.25) is 9.69 Å². The van der Waals surface area contributed by atoms with Crippen molar-refractivity contribution in [1.82, 2.24) is 9.80 Å². The van der Waals surface area contributed by atoms with Gasteiger partial charge in [0.15, 0.2) is 11.6 Å². The molecule has 1 atom stereocenters. The van der Waals surface area contributed by atoms with E-state index in [0.29, 0.717) is 18.7 Å². The molecule has 1 unspecified atom stereocenters. The third kappa shape index (κ3) is 3.40. The van der Waals surface area contributed by atoms with Crippen LogP contribution in [0.15, 0.2) is 35.0 Å². The normalized spacial score (nSPS) is 23.9. The number of piperidine rings is 1. The molecular weight excluding hydrogens is 354 g/mol. The Morgan fingerprint density at radius 2 is 1.92 bits per heavy atom. The largest absolute Gasteiger partial charge is 0.338 e. The van der Waals surface area contributed by atoms with Gasteiger partial charge in [0.05, 0.1) is 5.41 Å². The molecule has 0 radical (unpaired) electrons. The van der Waals surface area contributed by atoms with Gasteiger partial charge in [0.1, 0.15) is 0 Å². The van der Waals surface area contributed by atoms with Crippen LogP contribution < -0.4 is 0 Å². The Hall–Kier alpha value is -1.79. The minimum absolute atomic E-state index is 0.168. The molecule has 2 fully saturated rings. The van der Waals surface area contributed by atoms with E-state index in [4.69, 9.17) is 0 Å². The SMILES string of the molecule is O=C1N(Cc2ccc(F)c(F)c2)CCCC12CCN(Cc1ccsc1)C2. The highest BCUT2D eigenvalue weighted by Crippen LogP contribution is 2.41. The Bertz CT molecular complexity index is 795. The van der Waals surface area contributed by atoms with Crippen molar-refractivity contribution in [2.75, 3.05) is 19.6 Å². The number of hydrogen-bond acceptors (Lipinski definition) is 3. The zero-order valence-corrected chi connectivity index (χ0v) is 15.4. The first kappa shape index (κ1) is 17.6. The van der Waals surface area contributed by atoms with E-state index < -0.39 is 11.6 Å². The zero-order valence-electron chi connectivity index (χ0n) is 14.6. The lowest BCUT2D eigenvalue weighted by molar-refractivity contribution is -0.146. The third-order valence-corrected chi connectivity index (χ3v) is 6.33. The van der Waals surface area contributed by atoms with Crippen molar-refractivity contribution in [3.05, 3.63) is 57.8 Å². The minimum atomic E-state index is -0.857. The maximum atomic E-state index is 13.5. The molecule has 0 aliphatic carbocycles. The fourth-order valence-corrected chi connectivity index (χ4v) is 4.93. The Morgan fingerprint density at radius 3 is 2.69 bits per heavy atom. The van der Waals surface area contributed by atoms with Crippen LogP contribution in [0.3, 0.4) is 0 Å². The molecule has 1 aromatic carbocycles. The second-order valence-electron chi connectivity index (χ2n) is 7.45. The molecule has 2 aliphatic heterocycles. The molecule has 3 heterocycles. The predicted molar refractivity (Wildman–Crippen MR) is 97.7 cm³/mol.